The van der Waals surface area contributed by atoms with Gasteiger partial charge in [0.15, 0.2) is 5.78 Å². The van der Waals surface area contributed by atoms with Crippen molar-refractivity contribution in [1.29, 1.82) is 0 Å². The van der Waals surface area contributed by atoms with Crippen LogP contribution in [-0.2, 0) is 19.6 Å². The minimum absolute atomic E-state index is 0.0466. The Labute approximate surface area is 297 Å². The molecule has 266 valence electrons. The standard InChI is InChI=1S/C39H51ClN2O6S/c1-25(2)34(43)21-39(47-6)17-7-9-26(3)27(4)49(45,46)41-36(44)28-12-14-35-33(19-28)42(22-29-11-13-32(29)39)23-38(24-48-35)16-8-10-30-20-31(40)15-18-37(30,38)5/h7,12,14-15,17,19-20,26-27,29,32H,1,8-11,13,16,18,21-24H2,2-6H3,(H,41,44)/b17-7+/t26-,27+,29-,32+,37?,38-,39+/m0/s1. The first kappa shape index (κ1) is 35.9. The normalized spacial score (nSPS) is 36.4. The number of hydrogen-bond donors (Lipinski definition) is 1. The molecule has 0 radical (unpaired) electrons. The second kappa shape index (κ2) is 13.3. The molecule has 2 bridgehead atoms. The highest BCUT2D eigenvalue weighted by Gasteiger charge is 2.56. The minimum Gasteiger partial charge on any atom is -0.491 e. The number of halogens is 1. The van der Waals surface area contributed by atoms with Crippen molar-refractivity contribution in [2.45, 2.75) is 89.9 Å². The number of allylic oxidation sites excluding steroid dienone is 6. The number of nitrogens with zero attached hydrogens (tertiary/aromatic N) is 1. The number of hydrogen-bond acceptors (Lipinski definition) is 7. The van der Waals surface area contributed by atoms with Crippen molar-refractivity contribution in [2.24, 2.45) is 28.6 Å². The zero-order chi connectivity index (χ0) is 35.4. The molecule has 2 fully saturated rings. The van der Waals surface area contributed by atoms with E-state index in [4.69, 9.17) is 21.1 Å². The fourth-order valence-corrected chi connectivity index (χ4v) is 10.5. The number of benzene rings is 1. The van der Waals surface area contributed by atoms with Crippen molar-refractivity contribution < 1.29 is 27.5 Å². The summed E-state index contributed by atoms with van der Waals surface area (Å²) in [6, 6.07) is 5.26. The van der Waals surface area contributed by atoms with Gasteiger partial charge in [0.05, 0.1) is 23.1 Å². The molecule has 3 aliphatic carbocycles. The number of ether oxygens (including phenoxy) is 2. The van der Waals surface area contributed by atoms with Gasteiger partial charge in [-0.3, -0.25) is 9.59 Å². The van der Waals surface area contributed by atoms with E-state index in [0.717, 1.165) is 49.2 Å². The Morgan fingerprint density at radius 3 is 2.71 bits per heavy atom. The first-order valence-electron chi connectivity index (χ1n) is 17.7. The number of amides is 1. The lowest BCUT2D eigenvalue weighted by Crippen LogP contribution is -2.56. The van der Waals surface area contributed by atoms with Crippen LogP contribution in [0, 0.1) is 28.6 Å². The van der Waals surface area contributed by atoms with Gasteiger partial charge in [0, 0.05) is 48.0 Å². The second-order valence-electron chi connectivity index (χ2n) is 15.6. The number of fused-ring (bicyclic) bond motifs is 4. The summed E-state index contributed by atoms with van der Waals surface area (Å²) in [6.45, 7) is 13.4. The van der Waals surface area contributed by atoms with E-state index in [2.05, 4.69) is 35.3 Å². The predicted octanol–water partition coefficient (Wildman–Crippen LogP) is 7.51. The number of methoxy groups -OCH3 is 1. The molecule has 49 heavy (non-hydrogen) atoms. The van der Waals surface area contributed by atoms with Crippen LogP contribution in [0.15, 0.2) is 65.3 Å². The summed E-state index contributed by atoms with van der Waals surface area (Å²) in [6.07, 6.45) is 14.5. The molecule has 1 aromatic carbocycles. The molecule has 1 spiro atoms. The number of sulfonamides is 1. The first-order chi connectivity index (χ1) is 23.1. The van der Waals surface area contributed by atoms with Crippen LogP contribution in [-0.4, -0.2) is 57.8 Å². The van der Waals surface area contributed by atoms with Gasteiger partial charge in [0.2, 0.25) is 10.0 Å². The molecule has 0 aromatic heterocycles. The van der Waals surface area contributed by atoms with Crippen LogP contribution in [0.3, 0.4) is 0 Å². The maximum absolute atomic E-state index is 13.6. The van der Waals surface area contributed by atoms with Crippen molar-refractivity contribution in [2.75, 3.05) is 31.7 Å². The van der Waals surface area contributed by atoms with E-state index in [9.17, 15) is 18.0 Å². The van der Waals surface area contributed by atoms with Gasteiger partial charge in [0.1, 0.15) is 5.75 Å². The number of carbonyl (C=O) groups excluding carboxylic acids is 2. The van der Waals surface area contributed by atoms with E-state index in [-0.39, 0.29) is 46.4 Å². The summed E-state index contributed by atoms with van der Waals surface area (Å²) in [5.74, 6) is -0.0809. The maximum atomic E-state index is 13.6. The third kappa shape index (κ3) is 6.44. The van der Waals surface area contributed by atoms with Crippen LogP contribution >= 0.6 is 11.6 Å². The smallest absolute Gasteiger partial charge is 0.264 e. The fraction of sp³-hybridized carbons (Fsp3) is 0.590. The maximum Gasteiger partial charge on any atom is 0.264 e. The van der Waals surface area contributed by atoms with Gasteiger partial charge in [-0.25, -0.2) is 13.1 Å². The summed E-state index contributed by atoms with van der Waals surface area (Å²) >= 11 is 6.55. The van der Waals surface area contributed by atoms with Crippen LogP contribution in [0.5, 0.6) is 5.75 Å². The summed E-state index contributed by atoms with van der Waals surface area (Å²) < 4.78 is 42.4. The largest absolute Gasteiger partial charge is 0.491 e. The highest BCUT2D eigenvalue weighted by Crippen LogP contribution is 2.60. The van der Waals surface area contributed by atoms with Crippen LogP contribution < -0.4 is 14.4 Å². The van der Waals surface area contributed by atoms with E-state index in [0.29, 0.717) is 37.4 Å². The summed E-state index contributed by atoms with van der Waals surface area (Å²) in [7, 11) is -2.33. The van der Waals surface area contributed by atoms with Gasteiger partial charge in [-0.1, -0.05) is 55.8 Å². The molecule has 5 aliphatic rings. The number of carbonyl (C=O) groups is 2. The molecule has 1 amide bonds. The molecular weight excluding hydrogens is 660 g/mol. The molecule has 1 aromatic rings. The molecule has 7 atom stereocenters. The molecular formula is C39H51ClN2O6S. The van der Waals surface area contributed by atoms with Crippen LogP contribution in [0.4, 0.5) is 5.69 Å². The molecule has 2 saturated carbocycles. The van der Waals surface area contributed by atoms with E-state index in [1.54, 1.807) is 33.1 Å². The monoisotopic (exact) mass is 710 g/mol. The number of Topliss-reactive ketones (excluding diaryl/α,β-unsaturated/α-hetero) is 1. The zero-order valence-corrected chi connectivity index (χ0v) is 31.1. The highest BCUT2D eigenvalue weighted by molar-refractivity contribution is 7.90. The number of ketones is 1. The van der Waals surface area contributed by atoms with E-state index in [1.165, 1.54) is 5.57 Å². The third-order valence-electron chi connectivity index (χ3n) is 12.8. The third-order valence-corrected chi connectivity index (χ3v) is 15.0. The topological polar surface area (TPSA) is 102 Å². The summed E-state index contributed by atoms with van der Waals surface area (Å²) in [5.41, 5.74) is 1.61. The number of anilines is 1. The van der Waals surface area contributed by atoms with Crippen LogP contribution in [0.1, 0.15) is 89.4 Å². The molecule has 1 unspecified atom stereocenters. The quantitative estimate of drug-likeness (QED) is 0.255. The average molecular weight is 711 g/mol. The van der Waals surface area contributed by atoms with Gasteiger partial charge in [0.25, 0.3) is 5.91 Å². The van der Waals surface area contributed by atoms with Gasteiger partial charge < -0.3 is 14.4 Å². The average Bonchev–Trinajstić information content (AvgIpc) is 3.20. The summed E-state index contributed by atoms with van der Waals surface area (Å²) in [4.78, 5) is 29.2. The fourth-order valence-electron chi connectivity index (χ4n) is 8.99. The SMILES string of the molecule is C=C(C)C(=O)C[C@]1(OC)/C=C/C[C@H](C)[C@@H](C)S(=O)(=O)NC(=O)c2ccc3c(c2)N(C[C@@H]2CC[C@H]21)C[C@@]1(CCCC2=CC(Cl)=CCC21C)CO3. The Hall–Kier alpha value is -2.88. The second-order valence-corrected chi connectivity index (χ2v) is 18.0. The zero-order valence-electron chi connectivity index (χ0n) is 29.5. The predicted molar refractivity (Wildman–Crippen MR) is 194 cm³/mol. The van der Waals surface area contributed by atoms with Gasteiger partial charge in [-0.15, -0.1) is 0 Å². The van der Waals surface area contributed by atoms with Gasteiger partial charge in [-0.05, 0) is 106 Å². The van der Waals surface area contributed by atoms with Crippen LogP contribution in [0.2, 0.25) is 0 Å². The van der Waals surface area contributed by atoms with E-state index >= 15 is 0 Å². The van der Waals surface area contributed by atoms with Crippen molar-refractivity contribution in [3.05, 3.63) is 70.8 Å². The lowest BCUT2D eigenvalue weighted by atomic mass is 9.52. The van der Waals surface area contributed by atoms with Crippen molar-refractivity contribution in [3.8, 4) is 5.75 Å². The Morgan fingerprint density at radius 2 is 2.02 bits per heavy atom. The number of nitrogens with one attached hydrogen (secondary N) is 1. The molecule has 8 nitrogen and oxygen atoms in total. The molecule has 1 N–H and O–H groups in total. The summed E-state index contributed by atoms with van der Waals surface area (Å²) in [5, 5.41) is -0.0559. The highest BCUT2D eigenvalue weighted by atomic mass is 35.5. The van der Waals surface area contributed by atoms with Gasteiger partial charge >= 0.3 is 0 Å². The Morgan fingerprint density at radius 1 is 1.24 bits per heavy atom. The molecule has 6 rings (SSSR count). The van der Waals surface area contributed by atoms with Crippen molar-refractivity contribution >= 4 is 39.0 Å². The van der Waals surface area contributed by atoms with Crippen LogP contribution in [0.25, 0.3) is 0 Å². The lowest BCUT2D eigenvalue weighted by molar-refractivity contribution is -0.127. The molecule has 2 heterocycles. The Balaban J connectivity index is 1.47. The van der Waals surface area contributed by atoms with Gasteiger partial charge in [-0.2, -0.15) is 0 Å². The molecule has 0 saturated heterocycles. The van der Waals surface area contributed by atoms with E-state index < -0.39 is 26.8 Å². The molecule has 2 aliphatic heterocycles. The van der Waals surface area contributed by atoms with Crippen molar-refractivity contribution in [1.82, 2.24) is 4.72 Å². The Bertz CT molecular complexity index is 1730. The Kier molecular flexibility index (Phi) is 9.79. The minimum atomic E-state index is -4.00. The first-order valence-corrected chi connectivity index (χ1v) is 19.6. The van der Waals surface area contributed by atoms with Crippen molar-refractivity contribution in [3.63, 3.8) is 0 Å². The lowest BCUT2D eigenvalue weighted by Gasteiger charge is -2.55. The van der Waals surface area contributed by atoms with E-state index in [1.807, 2.05) is 25.1 Å². The molecule has 10 heteroatoms. The number of rotatable bonds is 4.